The molecule has 4 rings (SSSR count). The van der Waals surface area contributed by atoms with Crippen LogP contribution >= 0.6 is 11.8 Å². The number of anilines is 1. The molecule has 0 aromatic heterocycles. The highest BCUT2D eigenvalue weighted by Crippen LogP contribution is 2.44. The average molecular weight is 490 g/mol. The summed E-state index contributed by atoms with van der Waals surface area (Å²) in [5.41, 5.74) is 5.28. The quantitative estimate of drug-likeness (QED) is 0.388. The van der Waals surface area contributed by atoms with Gasteiger partial charge in [-0.05, 0) is 75.2 Å². The maximum atomic E-state index is 13.4. The molecule has 6 heteroatoms. The highest BCUT2D eigenvalue weighted by Gasteiger charge is 2.34. The second-order valence-corrected chi connectivity index (χ2v) is 10.6. The number of nitrogens with zero attached hydrogens (tertiary/aromatic N) is 3. The Bertz CT molecular complexity index is 1200. The number of hydrogen-bond donors (Lipinski definition) is 0. The zero-order valence-corrected chi connectivity index (χ0v) is 22.4. The Morgan fingerprint density at radius 1 is 1.09 bits per heavy atom. The number of allylic oxidation sites excluding steroid dienone is 1. The lowest BCUT2D eigenvalue weighted by atomic mass is 9.87. The summed E-state index contributed by atoms with van der Waals surface area (Å²) in [6, 6.07) is 14.1. The first-order valence-corrected chi connectivity index (χ1v) is 13.1. The van der Waals surface area contributed by atoms with Crippen LogP contribution in [0.1, 0.15) is 58.6 Å². The van der Waals surface area contributed by atoms with Gasteiger partial charge in [0.1, 0.15) is 5.75 Å². The molecule has 1 amide bonds. The summed E-state index contributed by atoms with van der Waals surface area (Å²) in [4.78, 5) is 23.0. The van der Waals surface area contributed by atoms with Gasteiger partial charge in [0.15, 0.2) is 5.17 Å². The summed E-state index contributed by atoms with van der Waals surface area (Å²) in [5.74, 6) is 0.763. The predicted molar refractivity (Wildman–Crippen MR) is 149 cm³/mol. The highest BCUT2D eigenvalue weighted by molar-refractivity contribution is 8.18. The van der Waals surface area contributed by atoms with Gasteiger partial charge in [-0.1, -0.05) is 38.1 Å². The van der Waals surface area contributed by atoms with Crippen LogP contribution in [0.25, 0.3) is 11.6 Å². The molecule has 1 fully saturated rings. The molecule has 5 nitrogen and oxygen atoms in total. The predicted octanol–water partition coefficient (Wildman–Crippen LogP) is 7.12. The highest BCUT2D eigenvalue weighted by atomic mass is 32.2. The molecule has 0 saturated carbocycles. The fourth-order valence-electron chi connectivity index (χ4n) is 4.81. The first-order chi connectivity index (χ1) is 16.8. The fourth-order valence-corrected chi connectivity index (χ4v) is 5.82. The van der Waals surface area contributed by atoms with Gasteiger partial charge < -0.3 is 9.64 Å². The van der Waals surface area contributed by atoms with Crippen LogP contribution in [0.5, 0.6) is 5.75 Å². The third-order valence-corrected chi connectivity index (χ3v) is 7.39. The third-order valence-electron chi connectivity index (χ3n) is 6.38. The van der Waals surface area contributed by atoms with E-state index in [9.17, 15) is 4.79 Å². The molecule has 2 aliphatic rings. The number of hydrogen-bond acceptors (Lipinski definition) is 5. The number of amides is 1. The maximum Gasteiger partial charge on any atom is 0.266 e. The number of carbonyl (C=O) groups is 1. The normalized spacial score (nSPS) is 19.4. The van der Waals surface area contributed by atoms with Crippen molar-refractivity contribution >= 4 is 45.9 Å². The first-order valence-electron chi connectivity index (χ1n) is 12.3. The van der Waals surface area contributed by atoms with E-state index in [0.29, 0.717) is 11.4 Å². The molecule has 0 atom stereocenters. The minimum absolute atomic E-state index is 0.00712. The number of carbonyl (C=O) groups excluding carboxylic acids is 1. The van der Waals surface area contributed by atoms with Gasteiger partial charge in [-0.2, -0.15) is 0 Å². The molecule has 2 aliphatic heterocycles. The average Bonchev–Trinajstić information content (AvgIpc) is 3.11. The van der Waals surface area contributed by atoms with Crippen LogP contribution in [0, 0.1) is 0 Å². The number of aliphatic imine (C=N–C) groups is 1. The van der Waals surface area contributed by atoms with Crippen molar-refractivity contribution in [1.29, 1.82) is 0 Å². The SMILES string of the molecule is CCCN1C(=O)/C(=C\c2cc3c(cc2OC)N(CCC)C(C)(C)C=C3C)SC1=Nc1ccccc1. The van der Waals surface area contributed by atoms with Gasteiger partial charge in [0, 0.05) is 36.0 Å². The Hall–Kier alpha value is -2.99. The van der Waals surface area contributed by atoms with Crippen molar-refractivity contribution in [3.63, 3.8) is 0 Å². The molecular weight excluding hydrogens is 454 g/mol. The van der Waals surface area contributed by atoms with Crippen molar-refractivity contribution in [2.24, 2.45) is 4.99 Å². The van der Waals surface area contributed by atoms with Crippen LogP contribution < -0.4 is 9.64 Å². The van der Waals surface area contributed by atoms with Crippen LogP contribution in [0.3, 0.4) is 0 Å². The lowest BCUT2D eigenvalue weighted by molar-refractivity contribution is -0.122. The number of rotatable bonds is 7. The van der Waals surface area contributed by atoms with E-state index in [-0.39, 0.29) is 11.4 Å². The van der Waals surface area contributed by atoms with Crippen LogP contribution in [-0.4, -0.2) is 41.7 Å². The number of amidine groups is 1. The second kappa shape index (κ2) is 10.3. The van der Waals surface area contributed by atoms with Gasteiger partial charge in [-0.3, -0.25) is 9.69 Å². The molecule has 0 bridgehead atoms. The van der Waals surface area contributed by atoms with E-state index in [0.717, 1.165) is 41.6 Å². The molecule has 0 radical (unpaired) electrons. The van der Waals surface area contributed by atoms with Gasteiger partial charge >= 0.3 is 0 Å². The second-order valence-electron chi connectivity index (χ2n) is 9.54. The summed E-state index contributed by atoms with van der Waals surface area (Å²) in [5, 5.41) is 0.721. The number of benzene rings is 2. The topological polar surface area (TPSA) is 45.1 Å². The molecule has 2 aromatic rings. The summed E-state index contributed by atoms with van der Waals surface area (Å²) in [6.45, 7) is 12.5. The maximum absolute atomic E-state index is 13.4. The van der Waals surface area contributed by atoms with E-state index >= 15 is 0 Å². The summed E-state index contributed by atoms with van der Waals surface area (Å²) in [7, 11) is 1.69. The summed E-state index contributed by atoms with van der Waals surface area (Å²) in [6.07, 6.45) is 6.21. The molecule has 0 spiro atoms. The Kier molecular flexibility index (Phi) is 7.41. The van der Waals surface area contributed by atoms with E-state index < -0.39 is 0 Å². The summed E-state index contributed by atoms with van der Waals surface area (Å²) < 4.78 is 5.83. The van der Waals surface area contributed by atoms with Gasteiger partial charge in [0.05, 0.1) is 23.2 Å². The van der Waals surface area contributed by atoms with Crippen molar-refractivity contribution in [3.8, 4) is 5.75 Å². The Morgan fingerprint density at radius 2 is 1.80 bits per heavy atom. The Labute approximate surface area is 213 Å². The monoisotopic (exact) mass is 489 g/mol. The van der Waals surface area contributed by atoms with Gasteiger partial charge in [0.25, 0.3) is 5.91 Å². The first kappa shape index (κ1) is 25.1. The standard InChI is InChI=1S/C29H35N3O2S/c1-7-14-31-27(33)26(35-28(31)30-22-12-10-9-11-13-22)17-21-16-23-20(3)19-29(4,5)32(15-8-2)24(23)18-25(21)34-6/h9-13,16-19H,7-8,14-15H2,1-6H3/b26-17+,30-28?. The molecular formula is C29H35N3O2S. The molecule has 35 heavy (non-hydrogen) atoms. The van der Waals surface area contributed by atoms with Gasteiger partial charge in [-0.15, -0.1) is 0 Å². The van der Waals surface area contributed by atoms with Crippen LogP contribution in [0.15, 0.2) is 58.4 Å². The van der Waals surface area contributed by atoms with Crippen molar-refractivity contribution in [2.45, 2.75) is 53.0 Å². The fraction of sp³-hybridized carbons (Fsp3) is 0.379. The molecule has 1 saturated heterocycles. The number of ether oxygens (including phenoxy) is 1. The Balaban J connectivity index is 1.77. The van der Waals surface area contributed by atoms with Crippen molar-refractivity contribution < 1.29 is 9.53 Å². The van der Waals surface area contributed by atoms with Crippen molar-refractivity contribution in [2.75, 3.05) is 25.1 Å². The molecule has 0 aliphatic carbocycles. The van der Waals surface area contributed by atoms with E-state index in [1.807, 2.05) is 36.4 Å². The number of fused-ring (bicyclic) bond motifs is 1. The smallest absolute Gasteiger partial charge is 0.266 e. The lowest BCUT2D eigenvalue weighted by Crippen LogP contribution is -2.45. The molecule has 2 aromatic carbocycles. The largest absolute Gasteiger partial charge is 0.496 e. The third kappa shape index (κ3) is 5.03. The number of methoxy groups -OCH3 is 1. The molecule has 0 unspecified atom stereocenters. The van der Waals surface area contributed by atoms with E-state index in [1.165, 1.54) is 28.6 Å². The lowest BCUT2D eigenvalue weighted by Gasteiger charge is -2.43. The van der Waals surface area contributed by atoms with Crippen LogP contribution in [0.4, 0.5) is 11.4 Å². The number of thioether (sulfide) groups is 1. The molecule has 0 N–H and O–H groups in total. The zero-order chi connectivity index (χ0) is 25.2. The molecule has 184 valence electrons. The zero-order valence-electron chi connectivity index (χ0n) is 21.6. The minimum atomic E-state index is -0.0706. The van der Waals surface area contributed by atoms with Crippen molar-refractivity contribution in [3.05, 3.63) is 64.6 Å². The number of para-hydroxylation sites is 1. The van der Waals surface area contributed by atoms with Crippen LogP contribution in [0.2, 0.25) is 0 Å². The van der Waals surface area contributed by atoms with Crippen molar-refractivity contribution in [1.82, 2.24) is 4.90 Å². The van der Waals surface area contributed by atoms with E-state index in [2.05, 4.69) is 57.7 Å². The van der Waals surface area contributed by atoms with E-state index in [1.54, 1.807) is 12.0 Å². The Morgan fingerprint density at radius 3 is 2.46 bits per heavy atom. The molecule has 2 heterocycles. The van der Waals surface area contributed by atoms with Crippen LogP contribution in [-0.2, 0) is 4.79 Å². The summed E-state index contributed by atoms with van der Waals surface area (Å²) >= 11 is 1.43. The minimum Gasteiger partial charge on any atom is -0.496 e. The van der Waals surface area contributed by atoms with E-state index in [4.69, 9.17) is 9.73 Å². The van der Waals surface area contributed by atoms with Gasteiger partial charge in [0.2, 0.25) is 0 Å². The van der Waals surface area contributed by atoms with Gasteiger partial charge in [-0.25, -0.2) is 4.99 Å².